The summed E-state index contributed by atoms with van der Waals surface area (Å²) in [6.07, 6.45) is 8.64. The van der Waals surface area contributed by atoms with Gasteiger partial charge in [-0.25, -0.2) is 0 Å². The lowest BCUT2D eigenvalue weighted by atomic mass is 9.94. The predicted octanol–water partition coefficient (Wildman–Crippen LogP) is 4.46. The second-order valence-electron chi connectivity index (χ2n) is 8.33. The van der Waals surface area contributed by atoms with Gasteiger partial charge in [-0.2, -0.15) is 5.10 Å². The lowest BCUT2D eigenvalue weighted by Gasteiger charge is -2.27. The summed E-state index contributed by atoms with van der Waals surface area (Å²) in [5.74, 6) is 1.24. The predicted molar refractivity (Wildman–Crippen MR) is 120 cm³/mol. The number of carbonyl (C=O) groups is 1. The van der Waals surface area contributed by atoms with E-state index in [1.807, 2.05) is 30.3 Å². The molecule has 31 heavy (non-hydrogen) atoms. The van der Waals surface area contributed by atoms with Gasteiger partial charge in [0.2, 0.25) is 0 Å². The van der Waals surface area contributed by atoms with E-state index in [1.165, 1.54) is 6.20 Å². The number of hydrogen-bond acceptors (Lipinski definition) is 5. The molecule has 4 aromatic rings. The molecule has 0 unspecified atom stereocenters. The van der Waals surface area contributed by atoms with Crippen LogP contribution in [0.4, 0.5) is 0 Å². The third-order valence-electron chi connectivity index (χ3n) is 6.10. The van der Waals surface area contributed by atoms with E-state index in [9.17, 15) is 4.79 Å². The van der Waals surface area contributed by atoms with Gasteiger partial charge >= 0.3 is 0 Å². The summed E-state index contributed by atoms with van der Waals surface area (Å²) >= 11 is 0. The van der Waals surface area contributed by atoms with Crippen LogP contribution in [0.3, 0.4) is 0 Å². The number of aryl methyl sites for hydroxylation is 1. The number of fused-ring (bicyclic) bond motifs is 1. The minimum Gasteiger partial charge on any atom is -0.468 e. The van der Waals surface area contributed by atoms with Crippen LogP contribution >= 0.6 is 0 Å². The molecule has 0 atom stereocenters. The van der Waals surface area contributed by atoms with Crippen molar-refractivity contribution in [3.63, 3.8) is 0 Å². The first-order chi connectivity index (χ1) is 16.3. The number of Topliss-reactive ketones (excluding diaryl/α,β-unsaturated/α-hetero) is 1. The largest absolute Gasteiger partial charge is 0.468 e. The average molecular weight is 418 g/mol. The Morgan fingerprint density at radius 3 is 2.84 bits per heavy atom. The van der Waals surface area contributed by atoms with Crippen LogP contribution in [0.2, 0.25) is 0 Å². The van der Waals surface area contributed by atoms with Crippen molar-refractivity contribution in [2.45, 2.75) is 25.2 Å². The van der Waals surface area contributed by atoms with Crippen LogP contribution in [-0.2, 0) is 13.4 Å². The highest BCUT2D eigenvalue weighted by Crippen LogP contribution is 2.29. The zero-order valence-electron chi connectivity index (χ0n) is 20.4. The van der Waals surface area contributed by atoms with Crippen LogP contribution in [0, 0.1) is 0 Å². The van der Waals surface area contributed by atoms with E-state index >= 15 is 0 Å². The molecule has 0 saturated carbocycles. The molecule has 6 nitrogen and oxygen atoms in total. The number of rotatable bonds is 5. The highest BCUT2D eigenvalue weighted by atomic mass is 16.3. The highest BCUT2D eigenvalue weighted by molar-refractivity contribution is 5.97. The monoisotopic (exact) mass is 417 g/mol. The first-order valence-corrected chi connectivity index (χ1v) is 10.5. The Balaban J connectivity index is 1.33. The van der Waals surface area contributed by atoms with Gasteiger partial charge < -0.3 is 9.32 Å². The molecule has 1 saturated heterocycles. The molecule has 1 aliphatic rings. The van der Waals surface area contributed by atoms with Crippen molar-refractivity contribution < 1.29 is 13.3 Å². The highest BCUT2D eigenvalue weighted by Gasteiger charge is 2.22. The van der Waals surface area contributed by atoms with Crippen LogP contribution < -0.4 is 0 Å². The second kappa shape index (κ2) is 8.12. The molecule has 3 aromatic heterocycles. The van der Waals surface area contributed by atoms with Gasteiger partial charge in [-0.05, 0) is 62.1 Å². The Morgan fingerprint density at radius 2 is 2.03 bits per heavy atom. The fourth-order valence-corrected chi connectivity index (χ4v) is 4.21. The summed E-state index contributed by atoms with van der Waals surface area (Å²) in [6, 6.07) is 9.59. The maximum absolute atomic E-state index is 12.9. The SMILES string of the molecule is [2H]C([2H])([2H])n1cc(-c2ccc3cnc(CC(=O)c4coc(C5CCN(C)CC5)c4)cc3c2)cn1. The third-order valence-corrected chi connectivity index (χ3v) is 6.10. The molecular formula is C25H26N4O2. The topological polar surface area (TPSA) is 64.2 Å². The maximum Gasteiger partial charge on any atom is 0.172 e. The van der Waals surface area contributed by atoms with Crippen LogP contribution in [-0.4, -0.2) is 45.6 Å². The van der Waals surface area contributed by atoms with Crippen molar-refractivity contribution in [3.8, 4) is 11.1 Å². The Labute approximate surface area is 185 Å². The second-order valence-corrected chi connectivity index (χ2v) is 8.33. The third kappa shape index (κ3) is 4.16. The number of aromatic nitrogens is 3. The molecule has 0 bridgehead atoms. The molecule has 6 heteroatoms. The van der Waals surface area contributed by atoms with Gasteiger partial charge in [-0.1, -0.05) is 12.1 Å². The summed E-state index contributed by atoms with van der Waals surface area (Å²) in [5.41, 5.74) is 2.83. The summed E-state index contributed by atoms with van der Waals surface area (Å²) in [7, 11) is 2.12. The van der Waals surface area contributed by atoms with Gasteiger partial charge in [0, 0.05) is 46.0 Å². The molecule has 1 aromatic carbocycles. The zero-order chi connectivity index (χ0) is 23.9. The summed E-state index contributed by atoms with van der Waals surface area (Å²) in [5, 5.41) is 5.83. The molecule has 4 heterocycles. The van der Waals surface area contributed by atoms with E-state index < -0.39 is 6.98 Å². The number of ketones is 1. The molecule has 0 amide bonds. The molecule has 0 aliphatic carbocycles. The maximum atomic E-state index is 12.9. The zero-order valence-corrected chi connectivity index (χ0v) is 17.4. The summed E-state index contributed by atoms with van der Waals surface area (Å²) < 4.78 is 29.2. The van der Waals surface area contributed by atoms with Crippen molar-refractivity contribution in [1.29, 1.82) is 0 Å². The van der Waals surface area contributed by atoms with Gasteiger partial charge in [-0.3, -0.25) is 14.5 Å². The first kappa shape index (κ1) is 16.4. The van der Waals surface area contributed by atoms with Crippen LogP contribution in [0.5, 0.6) is 0 Å². The number of piperidine rings is 1. The van der Waals surface area contributed by atoms with Gasteiger partial charge in [0.1, 0.15) is 12.0 Å². The molecule has 158 valence electrons. The van der Waals surface area contributed by atoms with Gasteiger partial charge in [-0.15, -0.1) is 0 Å². The fraction of sp³-hybridized carbons (Fsp3) is 0.320. The minimum absolute atomic E-state index is 0.0233. The smallest absolute Gasteiger partial charge is 0.172 e. The van der Waals surface area contributed by atoms with Gasteiger partial charge in [0.05, 0.1) is 18.2 Å². The minimum atomic E-state index is -2.31. The number of benzene rings is 1. The van der Waals surface area contributed by atoms with E-state index in [0.29, 0.717) is 22.7 Å². The Bertz CT molecular complexity index is 1330. The molecule has 1 aliphatic heterocycles. The molecule has 5 rings (SSSR count). The molecule has 1 fully saturated rings. The quantitative estimate of drug-likeness (QED) is 0.449. The molecule has 0 radical (unpaired) electrons. The van der Waals surface area contributed by atoms with E-state index in [0.717, 1.165) is 52.7 Å². The average Bonchev–Trinajstić information content (AvgIpc) is 3.49. The Morgan fingerprint density at radius 1 is 1.16 bits per heavy atom. The van der Waals surface area contributed by atoms with Crippen molar-refractivity contribution in [1.82, 2.24) is 19.7 Å². The molecule has 0 N–H and O–H groups in total. The summed E-state index contributed by atoms with van der Waals surface area (Å²) in [4.78, 5) is 19.7. The standard InChI is InChI=1S/C25H26N4O2/c1-28-7-5-17(6-8-28)25-11-21(16-31-25)24(30)12-23-10-20-9-18(3-4-19(20)13-26-23)22-14-27-29(2)15-22/h3-4,9-11,13-17H,5-8,12H2,1-2H3/i2D3. The van der Waals surface area contributed by atoms with Gasteiger partial charge in [0.25, 0.3) is 0 Å². The van der Waals surface area contributed by atoms with Crippen molar-refractivity contribution in [2.24, 2.45) is 6.98 Å². The van der Waals surface area contributed by atoms with Crippen molar-refractivity contribution in [2.75, 3.05) is 20.1 Å². The van der Waals surface area contributed by atoms with Crippen LogP contribution in [0.1, 0.15) is 44.7 Å². The Kier molecular flexibility index (Phi) is 4.30. The fourth-order valence-electron chi connectivity index (χ4n) is 4.21. The number of nitrogens with zero attached hydrogens (tertiary/aromatic N) is 4. The van der Waals surface area contributed by atoms with E-state index in [1.54, 1.807) is 18.7 Å². The van der Waals surface area contributed by atoms with Crippen molar-refractivity contribution in [3.05, 3.63) is 72.2 Å². The van der Waals surface area contributed by atoms with Crippen LogP contribution in [0.25, 0.3) is 21.9 Å². The Hall–Kier alpha value is -3.25. The first-order valence-electron chi connectivity index (χ1n) is 12.0. The van der Waals surface area contributed by atoms with Gasteiger partial charge in [0.15, 0.2) is 5.78 Å². The summed E-state index contributed by atoms with van der Waals surface area (Å²) in [6.45, 7) is -0.240. The van der Waals surface area contributed by atoms with Crippen LogP contribution in [0.15, 0.2) is 59.6 Å². The molecule has 0 spiro atoms. The lowest BCUT2D eigenvalue weighted by molar-refractivity contribution is 0.0991. The number of likely N-dealkylation sites (tertiary alicyclic amines) is 1. The number of furan rings is 1. The van der Waals surface area contributed by atoms with Crippen molar-refractivity contribution >= 4 is 16.6 Å². The number of hydrogen-bond donors (Lipinski definition) is 0. The normalized spacial score (nSPS) is 17.4. The lowest BCUT2D eigenvalue weighted by Crippen LogP contribution is -2.29. The van der Waals surface area contributed by atoms with E-state index in [-0.39, 0.29) is 12.2 Å². The number of carbonyl (C=O) groups excluding carboxylic acids is 1. The molecular weight excluding hydrogens is 388 g/mol. The van der Waals surface area contributed by atoms with E-state index in [2.05, 4.69) is 22.0 Å². The number of pyridine rings is 1. The van der Waals surface area contributed by atoms with E-state index in [4.69, 9.17) is 8.53 Å².